The SMILES string of the molecule is CC(C)c1c2cc3c4ccccc4c4cccc(c2c(C(C)C)c2c5ccc6c7ccc8c9c(ccc(c%10ccc(c12)c5c%106)c97)-c1c-8c(-c2cc(F)cc(F)c2)c2ccccc2c1-c1cc(F)cc(F)c1)c43. The lowest BCUT2D eigenvalue weighted by atomic mass is 9.82. The minimum atomic E-state index is -0.684. The van der Waals surface area contributed by atoms with Gasteiger partial charge in [-0.1, -0.05) is 143 Å². The third kappa shape index (κ3) is 4.88. The van der Waals surface area contributed by atoms with Crippen molar-refractivity contribution in [2.45, 2.75) is 39.5 Å². The van der Waals surface area contributed by atoms with Crippen molar-refractivity contribution in [1.29, 1.82) is 0 Å². The zero-order valence-corrected chi connectivity index (χ0v) is 39.7. The fourth-order valence-corrected chi connectivity index (χ4v) is 14.3. The summed E-state index contributed by atoms with van der Waals surface area (Å²) in [6.07, 6.45) is 0. The van der Waals surface area contributed by atoms with E-state index in [1.54, 1.807) is 0 Å². The molecular formula is C68H40F4. The molecule has 15 aromatic carbocycles. The highest BCUT2D eigenvalue weighted by molar-refractivity contribution is 6.46. The van der Waals surface area contributed by atoms with Crippen molar-refractivity contribution >= 4 is 118 Å². The van der Waals surface area contributed by atoms with E-state index in [0.717, 1.165) is 77.5 Å². The van der Waals surface area contributed by atoms with Gasteiger partial charge in [0.15, 0.2) is 0 Å². The quantitative estimate of drug-likeness (QED) is 0.0937. The van der Waals surface area contributed by atoms with Crippen molar-refractivity contribution in [3.63, 3.8) is 0 Å². The normalized spacial score (nSPS) is 13.0. The lowest BCUT2D eigenvalue weighted by Crippen LogP contribution is -1.99. The summed E-state index contributed by atoms with van der Waals surface area (Å²) in [5.74, 6) is -2.27. The zero-order valence-electron chi connectivity index (χ0n) is 39.7. The molecule has 15 aromatic rings. The lowest BCUT2D eigenvalue weighted by molar-refractivity contribution is 0.583. The molecule has 0 spiro atoms. The predicted octanol–water partition coefficient (Wildman–Crippen LogP) is 20.5. The van der Waals surface area contributed by atoms with Crippen molar-refractivity contribution in [2.24, 2.45) is 0 Å². The average Bonchev–Trinajstić information content (AvgIpc) is 4.00. The summed E-state index contributed by atoms with van der Waals surface area (Å²) in [6.45, 7) is 9.41. The van der Waals surface area contributed by atoms with Crippen LogP contribution in [-0.4, -0.2) is 0 Å². The lowest BCUT2D eigenvalue weighted by Gasteiger charge is -2.22. The van der Waals surface area contributed by atoms with Crippen LogP contribution in [0.1, 0.15) is 50.7 Å². The molecule has 0 heterocycles. The number of rotatable bonds is 4. The van der Waals surface area contributed by atoms with Crippen LogP contribution in [0, 0.1) is 23.3 Å². The molecule has 0 N–H and O–H groups in total. The van der Waals surface area contributed by atoms with Crippen LogP contribution in [-0.2, 0) is 0 Å². The Labute approximate surface area is 410 Å². The van der Waals surface area contributed by atoms with Crippen molar-refractivity contribution in [2.75, 3.05) is 0 Å². The van der Waals surface area contributed by atoms with E-state index in [0.29, 0.717) is 22.3 Å². The maximum Gasteiger partial charge on any atom is 0.126 e. The largest absolute Gasteiger partial charge is 0.207 e. The van der Waals surface area contributed by atoms with Crippen LogP contribution < -0.4 is 0 Å². The van der Waals surface area contributed by atoms with Gasteiger partial charge in [0.2, 0.25) is 0 Å². The number of fused-ring (bicyclic) bond motifs is 14. The Morgan fingerprint density at radius 1 is 0.250 bits per heavy atom. The van der Waals surface area contributed by atoms with Gasteiger partial charge in [0, 0.05) is 12.1 Å². The second-order valence-electron chi connectivity index (χ2n) is 21.0. The Balaban J connectivity index is 1.06. The summed E-state index contributed by atoms with van der Waals surface area (Å²) in [4.78, 5) is 0. The van der Waals surface area contributed by atoms with Crippen molar-refractivity contribution in [3.05, 3.63) is 192 Å². The number of hydrogen-bond donors (Lipinski definition) is 0. The summed E-state index contributed by atoms with van der Waals surface area (Å²) in [6, 6.07) is 51.4. The minimum Gasteiger partial charge on any atom is -0.207 e. The van der Waals surface area contributed by atoms with Crippen LogP contribution in [0.3, 0.4) is 0 Å². The Morgan fingerprint density at radius 3 is 1.14 bits per heavy atom. The van der Waals surface area contributed by atoms with E-state index in [4.69, 9.17) is 0 Å². The van der Waals surface area contributed by atoms with E-state index < -0.39 is 23.3 Å². The third-order valence-corrected chi connectivity index (χ3v) is 16.7. The monoisotopic (exact) mass is 932 g/mol. The standard InChI is InChI=1S/C68H40F4/c1-31(2)55-54-30-53-40-11-6-5-10-39(40)41-14-9-15-48(59(41)53)64(54)56(32(3)4)66-50-21-17-45-47-19-23-52-63-51(22-18-46(61(47)63)44-16-20-49(65(55)66)62(50)60(44)45)67-57(33-24-35(69)28-36(70)25-33)42-12-7-8-13-43(42)58(68(52)67)34-26-37(71)29-38(72)27-34/h5-32H,1-4H3. The van der Waals surface area contributed by atoms with E-state index in [9.17, 15) is 0 Å². The molecule has 340 valence electrons. The molecule has 0 nitrogen and oxygen atoms in total. The molecule has 0 saturated carbocycles. The molecule has 1 aliphatic rings. The molecule has 0 fully saturated rings. The first kappa shape index (κ1) is 40.4. The Kier molecular flexibility index (Phi) is 7.71. The van der Waals surface area contributed by atoms with Gasteiger partial charge in [-0.2, -0.15) is 0 Å². The van der Waals surface area contributed by atoms with Gasteiger partial charge in [-0.25, -0.2) is 17.6 Å². The summed E-state index contributed by atoms with van der Waals surface area (Å²) < 4.78 is 61.5. The Morgan fingerprint density at radius 2 is 0.625 bits per heavy atom. The molecule has 1 aliphatic carbocycles. The van der Waals surface area contributed by atoms with Gasteiger partial charge < -0.3 is 0 Å². The van der Waals surface area contributed by atoms with Crippen LogP contribution in [0.25, 0.3) is 163 Å². The molecule has 0 aromatic heterocycles. The van der Waals surface area contributed by atoms with Crippen molar-refractivity contribution in [1.82, 2.24) is 0 Å². The van der Waals surface area contributed by atoms with E-state index in [1.807, 2.05) is 24.3 Å². The maximum absolute atomic E-state index is 15.4. The molecular weight excluding hydrogens is 893 g/mol. The van der Waals surface area contributed by atoms with Crippen LogP contribution in [0.2, 0.25) is 0 Å². The highest BCUT2D eigenvalue weighted by Gasteiger charge is 2.34. The molecule has 0 bridgehead atoms. The Bertz CT molecular complexity index is 4770. The number of hydrogen-bond acceptors (Lipinski definition) is 0. The van der Waals surface area contributed by atoms with E-state index in [-0.39, 0.29) is 11.8 Å². The van der Waals surface area contributed by atoms with Gasteiger partial charge in [0.1, 0.15) is 23.3 Å². The third-order valence-electron chi connectivity index (χ3n) is 16.7. The molecule has 16 rings (SSSR count). The van der Waals surface area contributed by atoms with E-state index in [1.165, 1.54) is 111 Å². The molecule has 0 amide bonds. The van der Waals surface area contributed by atoms with Gasteiger partial charge in [-0.3, -0.25) is 0 Å². The molecule has 0 saturated heterocycles. The first-order chi connectivity index (χ1) is 35.0. The second kappa shape index (κ2) is 13.7. The van der Waals surface area contributed by atoms with Gasteiger partial charge in [0.05, 0.1) is 0 Å². The van der Waals surface area contributed by atoms with Crippen LogP contribution in [0.15, 0.2) is 158 Å². The highest BCUT2D eigenvalue weighted by Crippen LogP contribution is 2.61. The summed E-state index contributed by atoms with van der Waals surface area (Å²) in [7, 11) is 0. The van der Waals surface area contributed by atoms with Gasteiger partial charge in [0.25, 0.3) is 0 Å². The summed E-state index contributed by atoms with van der Waals surface area (Å²) >= 11 is 0. The molecule has 0 aliphatic heterocycles. The summed E-state index contributed by atoms with van der Waals surface area (Å²) in [5.41, 5.74) is 8.30. The number of halogens is 4. The zero-order chi connectivity index (χ0) is 48.3. The first-order valence-electron chi connectivity index (χ1n) is 25.0. The topological polar surface area (TPSA) is 0 Å². The van der Waals surface area contributed by atoms with Gasteiger partial charge in [-0.15, -0.1) is 0 Å². The van der Waals surface area contributed by atoms with Gasteiger partial charge in [-0.05, 0) is 216 Å². The maximum atomic E-state index is 15.4. The molecule has 4 heteroatoms. The van der Waals surface area contributed by atoms with Crippen LogP contribution in [0.4, 0.5) is 17.6 Å². The minimum absolute atomic E-state index is 0.230. The first-order valence-corrected chi connectivity index (χ1v) is 25.0. The predicted molar refractivity (Wildman–Crippen MR) is 296 cm³/mol. The molecule has 0 unspecified atom stereocenters. The summed E-state index contributed by atoms with van der Waals surface area (Å²) in [5, 5.41) is 26.4. The molecule has 72 heavy (non-hydrogen) atoms. The fraction of sp³-hybridized carbons (Fsp3) is 0.0882. The molecule has 0 atom stereocenters. The molecule has 0 radical (unpaired) electrons. The number of benzene rings is 13. The Hall–Kier alpha value is -8.34. The fourth-order valence-electron chi connectivity index (χ4n) is 14.3. The van der Waals surface area contributed by atoms with Crippen LogP contribution in [0.5, 0.6) is 0 Å². The van der Waals surface area contributed by atoms with Crippen molar-refractivity contribution < 1.29 is 17.6 Å². The van der Waals surface area contributed by atoms with E-state index >= 15 is 17.6 Å². The van der Waals surface area contributed by atoms with E-state index in [2.05, 4.69) is 125 Å². The second-order valence-corrected chi connectivity index (χ2v) is 21.0. The van der Waals surface area contributed by atoms with Crippen molar-refractivity contribution in [3.8, 4) is 44.5 Å². The van der Waals surface area contributed by atoms with Crippen LogP contribution >= 0.6 is 0 Å². The highest BCUT2D eigenvalue weighted by atomic mass is 19.1. The average molecular weight is 933 g/mol. The smallest absolute Gasteiger partial charge is 0.126 e. The van der Waals surface area contributed by atoms with Gasteiger partial charge >= 0.3 is 0 Å².